The quantitative estimate of drug-likeness (QED) is 0.782. The highest BCUT2D eigenvalue weighted by atomic mass is 35.5. The van der Waals surface area contributed by atoms with Gasteiger partial charge in [0.2, 0.25) is 0 Å². The second kappa shape index (κ2) is 6.15. The monoisotopic (exact) mass is 279 g/mol. The second-order valence-corrected chi connectivity index (χ2v) is 6.14. The molecule has 2 nitrogen and oxygen atoms in total. The third-order valence-corrected chi connectivity index (χ3v) is 4.67. The molecule has 19 heavy (non-hydrogen) atoms. The summed E-state index contributed by atoms with van der Waals surface area (Å²) in [7, 11) is 0. The van der Waals surface area contributed by atoms with E-state index < -0.39 is 0 Å². The average molecular weight is 280 g/mol. The van der Waals surface area contributed by atoms with Gasteiger partial charge >= 0.3 is 0 Å². The van der Waals surface area contributed by atoms with Crippen LogP contribution >= 0.6 is 11.6 Å². The van der Waals surface area contributed by atoms with Gasteiger partial charge in [0.1, 0.15) is 5.75 Å². The number of hydrogen-bond acceptors (Lipinski definition) is 2. The molecule has 3 rings (SSSR count). The Morgan fingerprint density at radius 2 is 2.16 bits per heavy atom. The van der Waals surface area contributed by atoms with E-state index in [0.717, 1.165) is 30.6 Å². The molecule has 0 spiro atoms. The normalized spacial score (nSPS) is 27.0. The van der Waals surface area contributed by atoms with Gasteiger partial charge < -0.3 is 9.64 Å². The standard InChI is InChI=1S/C16H22ClNO/c17-8-5-13-6-9-18(11-13)12-14-7-10-19-16-4-2-1-3-15(14)16/h1-4,13-14H,5-12H2. The molecule has 0 aliphatic carbocycles. The van der Waals surface area contributed by atoms with Crippen LogP contribution in [0.3, 0.4) is 0 Å². The van der Waals surface area contributed by atoms with Gasteiger partial charge in [-0.1, -0.05) is 18.2 Å². The van der Waals surface area contributed by atoms with Gasteiger partial charge in [-0.15, -0.1) is 11.6 Å². The van der Waals surface area contributed by atoms with Crippen molar-refractivity contribution in [1.82, 2.24) is 4.90 Å². The molecule has 0 amide bonds. The van der Waals surface area contributed by atoms with E-state index in [2.05, 4.69) is 29.2 Å². The molecule has 2 unspecified atom stereocenters. The Bertz CT molecular complexity index is 423. The summed E-state index contributed by atoms with van der Waals surface area (Å²) < 4.78 is 5.74. The summed E-state index contributed by atoms with van der Waals surface area (Å²) in [6.45, 7) is 4.51. The molecule has 1 saturated heterocycles. The average Bonchev–Trinajstić information content (AvgIpc) is 2.87. The van der Waals surface area contributed by atoms with E-state index in [1.54, 1.807) is 0 Å². The Morgan fingerprint density at radius 1 is 1.26 bits per heavy atom. The molecule has 0 bridgehead atoms. The Balaban J connectivity index is 1.62. The summed E-state index contributed by atoms with van der Waals surface area (Å²) in [5, 5.41) is 0. The van der Waals surface area contributed by atoms with E-state index in [1.807, 2.05) is 0 Å². The number of hydrogen-bond donors (Lipinski definition) is 0. The lowest BCUT2D eigenvalue weighted by Crippen LogP contribution is -2.29. The SMILES string of the molecule is ClCCC1CCN(CC2CCOc3ccccc32)C1. The fourth-order valence-corrected chi connectivity index (χ4v) is 3.69. The zero-order valence-corrected chi connectivity index (χ0v) is 12.1. The minimum Gasteiger partial charge on any atom is -0.493 e. The van der Waals surface area contributed by atoms with Crippen molar-refractivity contribution >= 4 is 11.6 Å². The molecule has 1 aromatic rings. The molecule has 1 fully saturated rings. The summed E-state index contributed by atoms with van der Waals surface area (Å²) in [5.74, 6) is 3.35. The van der Waals surface area contributed by atoms with Crippen LogP contribution in [0.2, 0.25) is 0 Å². The van der Waals surface area contributed by atoms with Gasteiger partial charge in [0.15, 0.2) is 0 Å². The maximum atomic E-state index is 5.85. The fourth-order valence-electron chi connectivity index (χ4n) is 3.39. The molecule has 2 aliphatic rings. The molecule has 104 valence electrons. The Morgan fingerprint density at radius 3 is 3.05 bits per heavy atom. The second-order valence-electron chi connectivity index (χ2n) is 5.76. The van der Waals surface area contributed by atoms with Crippen LogP contribution in [0.4, 0.5) is 0 Å². The molecule has 0 aromatic heterocycles. The molecular formula is C16H22ClNO. The van der Waals surface area contributed by atoms with Crippen LogP contribution in [0.5, 0.6) is 5.75 Å². The van der Waals surface area contributed by atoms with Gasteiger partial charge in [0, 0.05) is 24.9 Å². The zero-order valence-electron chi connectivity index (χ0n) is 11.4. The first kappa shape index (κ1) is 13.3. The first-order chi connectivity index (χ1) is 9.36. The maximum absolute atomic E-state index is 5.85. The first-order valence-corrected chi connectivity index (χ1v) is 7.90. The summed E-state index contributed by atoms with van der Waals surface area (Å²) in [4.78, 5) is 2.62. The molecule has 3 heteroatoms. The van der Waals surface area contributed by atoms with E-state index >= 15 is 0 Å². The van der Waals surface area contributed by atoms with Crippen molar-refractivity contribution in [3.05, 3.63) is 29.8 Å². The molecule has 0 saturated carbocycles. The van der Waals surface area contributed by atoms with E-state index in [0.29, 0.717) is 5.92 Å². The number of fused-ring (bicyclic) bond motifs is 1. The van der Waals surface area contributed by atoms with Crippen LogP contribution in [0.15, 0.2) is 24.3 Å². The number of benzene rings is 1. The largest absolute Gasteiger partial charge is 0.493 e. The van der Waals surface area contributed by atoms with Gasteiger partial charge in [0.25, 0.3) is 0 Å². The van der Waals surface area contributed by atoms with Crippen molar-refractivity contribution in [2.45, 2.75) is 25.2 Å². The van der Waals surface area contributed by atoms with Crippen molar-refractivity contribution in [2.75, 3.05) is 32.1 Å². The van der Waals surface area contributed by atoms with Crippen LogP contribution in [-0.2, 0) is 0 Å². The Kier molecular flexibility index (Phi) is 4.29. The highest BCUT2D eigenvalue weighted by Crippen LogP contribution is 2.34. The zero-order chi connectivity index (χ0) is 13.1. The third-order valence-electron chi connectivity index (χ3n) is 4.45. The number of ether oxygens (including phenoxy) is 1. The van der Waals surface area contributed by atoms with E-state index in [-0.39, 0.29) is 0 Å². The number of halogens is 1. The number of rotatable bonds is 4. The highest BCUT2D eigenvalue weighted by molar-refractivity contribution is 6.17. The summed E-state index contributed by atoms with van der Waals surface area (Å²) in [6.07, 6.45) is 3.63. The van der Waals surface area contributed by atoms with Gasteiger partial charge in [-0.25, -0.2) is 0 Å². The number of para-hydroxylation sites is 1. The van der Waals surface area contributed by atoms with Crippen molar-refractivity contribution in [3.8, 4) is 5.75 Å². The van der Waals surface area contributed by atoms with Crippen LogP contribution in [0.1, 0.15) is 30.7 Å². The molecule has 2 atom stereocenters. The van der Waals surface area contributed by atoms with Crippen molar-refractivity contribution in [3.63, 3.8) is 0 Å². The Labute approximate surface area is 120 Å². The summed E-state index contributed by atoms with van der Waals surface area (Å²) in [6, 6.07) is 8.52. The highest BCUT2D eigenvalue weighted by Gasteiger charge is 2.27. The summed E-state index contributed by atoms with van der Waals surface area (Å²) >= 11 is 5.85. The smallest absolute Gasteiger partial charge is 0.122 e. The molecule has 2 aliphatic heterocycles. The van der Waals surface area contributed by atoms with Gasteiger partial charge in [-0.2, -0.15) is 0 Å². The molecular weight excluding hydrogens is 258 g/mol. The number of alkyl halides is 1. The van der Waals surface area contributed by atoms with Crippen molar-refractivity contribution in [2.24, 2.45) is 5.92 Å². The van der Waals surface area contributed by atoms with Crippen LogP contribution in [-0.4, -0.2) is 37.0 Å². The number of likely N-dealkylation sites (tertiary alicyclic amines) is 1. The minimum absolute atomic E-state index is 0.639. The lowest BCUT2D eigenvalue weighted by Gasteiger charge is -2.29. The van der Waals surface area contributed by atoms with E-state index in [4.69, 9.17) is 16.3 Å². The first-order valence-electron chi connectivity index (χ1n) is 7.37. The minimum atomic E-state index is 0.639. The van der Waals surface area contributed by atoms with Gasteiger partial charge in [0.05, 0.1) is 6.61 Å². The predicted octanol–water partition coefficient (Wildman–Crippen LogP) is 3.50. The van der Waals surface area contributed by atoms with E-state index in [1.165, 1.54) is 38.0 Å². The van der Waals surface area contributed by atoms with Crippen molar-refractivity contribution in [1.29, 1.82) is 0 Å². The molecule has 0 N–H and O–H groups in total. The third kappa shape index (κ3) is 3.06. The predicted molar refractivity (Wildman–Crippen MR) is 79.2 cm³/mol. The number of nitrogens with zero attached hydrogens (tertiary/aromatic N) is 1. The maximum Gasteiger partial charge on any atom is 0.122 e. The van der Waals surface area contributed by atoms with Crippen LogP contribution in [0.25, 0.3) is 0 Å². The Hall–Kier alpha value is -0.730. The van der Waals surface area contributed by atoms with E-state index in [9.17, 15) is 0 Å². The van der Waals surface area contributed by atoms with Crippen LogP contribution in [0, 0.1) is 5.92 Å². The molecule has 1 aromatic carbocycles. The molecule has 0 radical (unpaired) electrons. The topological polar surface area (TPSA) is 12.5 Å². The fraction of sp³-hybridized carbons (Fsp3) is 0.625. The van der Waals surface area contributed by atoms with Gasteiger partial charge in [-0.05, 0) is 43.4 Å². The van der Waals surface area contributed by atoms with Crippen molar-refractivity contribution < 1.29 is 4.74 Å². The lowest BCUT2D eigenvalue weighted by molar-refractivity contribution is 0.228. The molecule has 2 heterocycles. The summed E-state index contributed by atoms with van der Waals surface area (Å²) in [5.41, 5.74) is 1.40. The van der Waals surface area contributed by atoms with Gasteiger partial charge in [-0.3, -0.25) is 0 Å². The van der Waals surface area contributed by atoms with Crippen LogP contribution < -0.4 is 4.74 Å². The lowest BCUT2D eigenvalue weighted by atomic mass is 9.92.